The molecule has 0 saturated carbocycles. The van der Waals surface area contributed by atoms with E-state index < -0.39 is 5.92 Å². The quantitative estimate of drug-likeness (QED) is 0.721. The zero-order chi connectivity index (χ0) is 10.3. The second kappa shape index (κ2) is 2.79. The van der Waals surface area contributed by atoms with Crippen LogP contribution in [0.4, 0.5) is 8.78 Å². The van der Waals surface area contributed by atoms with Crippen LogP contribution in [0.1, 0.15) is 39.2 Å². The fourth-order valence-corrected chi connectivity index (χ4v) is 0.925. The summed E-state index contributed by atoms with van der Waals surface area (Å²) in [6.07, 6.45) is 1.20. The normalized spacial score (nSPS) is 13.4. The lowest BCUT2D eigenvalue weighted by molar-refractivity contribution is 0.0130. The van der Waals surface area contributed by atoms with Gasteiger partial charge in [0.05, 0.1) is 6.20 Å². The number of imidazole rings is 1. The fourth-order valence-electron chi connectivity index (χ4n) is 0.925. The van der Waals surface area contributed by atoms with E-state index in [0.717, 1.165) is 6.92 Å². The summed E-state index contributed by atoms with van der Waals surface area (Å²) in [5.74, 6) is -2.25. The number of H-pyrrole nitrogens is 1. The van der Waals surface area contributed by atoms with E-state index in [0.29, 0.717) is 5.82 Å². The summed E-state index contributed by atoms with van der Waals surface area (Å²) in [7, 11) is 0. The molecule has 4 heteroatoms. The predicted molar refractivity (Wildman–Crippen MR) is 46.9 cm³/mol. The van der Waals surface area contributed by atoms with Gasteiger partial charge in [-0.1, -0.05) is 20.8 Å². The molecule has 1 aromatic rings. The number of nitrogens with zero attached hydrogens (tertiary/aromatic N) is 1. The molecule has 0 amide bonds. The van der Waals surface area contributed by atoms with Gasteiger partial charge in [-0.05, 0) is 0 Å². The van der Waals surface area contributed by atoms with E-state index in [1.165, 1.54) is 6.20 Å². The molecule has 1 aromatic heterocycles. The van der Waals surface area contributed by atoms with Gasteiger partial charge in [-0.25, -0.2) is 4.98 Å². The van der Waals surface area contributed by atoms with Gasteiger partial charge in [0.15, 0.2) is 0 Å². The summed E-state index contributed by atoms with van der Waals surface area (Å²) in [4.78, 5) is 6.55. The second-order valence-electron chi connectivity index (χ2n) is 4.28. The highest BCUT2D eigenvalue weighted by atomic mass is 19.3. The molecule has 0 aliphatic rings. The topological polar surface area (TPSA) is 28.7 Å². The van der Waals surface area contributed by atoms with E-state index in [4.69, 9.17) is 0 Å². The van der Waals surface area contributed by atoms with Crippen molar-refractivity contribution in [2.75, 3.05) is 0 Å². The van der Waals surface area contributed by atoms with Crippen LogP contribution in [-0.2, 0) is 11.3 Å². The average Bonchev–Trinajstić information content (AvgIpc) is 2.28. The Kier molecular flexibility index (Phi) is 2.18. The van der Waals surface area contributed by atoms with E-state index in [2.05, 4.69) is 9.97 Å². The first-order chi connectivity index (χ1) is 5.71. The highest BCUT2D eigenvalue weighted by molar-refractivity contribution is 5.11. The molecule has 0 aliphatic heterocycles. The van der Waals surface area contributed by atoms with Crippen LogP contribution in [0.25, 0.3) is 0 Å². The lowest BCUT2D eigenvalue weighted by Crippen LogP contribution is -2.14. The van der Waals surface area contributed by atoms with Crippen LogP contribution in [0.3, 0.4) is 0 Å². The summed E-state index contributed by atoms with van der Waals surface area (Å²) < 4.78 is 25.6. The number of hydrogen-bond donors (Lipinski definition) is 1. The maximum Gasteiger partial charge on any atom is 0.286 e. The number of alkyl halides is 2. The molecule has 0 radical (unpaired) electrons. The summed E-state index contributed by atoms with van der Waals surface area (Å²) in [6, 6.07) is 0. The Balaban J connectivity index is 3.01. The van der Waals surface area contributed by atoms with Crippen molar-refractivity contribution in [2.24, 2.45) is 0 Å². The molecule has 0 atom stereocenters. The summed E-state index contributed by atoms with van der Waals surface area (Å²) in [6.45, 7) is 6.61. The van der Waals surface area contributed by atoms with Gasteiger partial charge in [0.25, 0.3) is 5.92 Å². The first-order valence-corrected chi connectivity index (χ1v) is 4.15. The van der Waals surface area contributed by atoms with Crippen LogP contribution < -0.4 is 0 Å². The van der Waals surface area contributed by atoms with Crippen molar-refractivity contribution >= 4 is 0 Å². The average molecular weight is 188 g/mol. The third kappa shape index (κ3) is 2.26. The lowest BCUT2D eigenvalue weighted by atomic mass is 9.96. The van der Waals surface area contributed by atoms with Gasteiger partial charge in [-0.2, -0.15) is 8.78 Å². The number of hydrogen-bond acceptors (Lipinski definition) is 1. The Morgan fingerprint density at radius 3 is 2.00 bits per heavy atom. The van der Waals surface area contributed by atoms with Crippen molar-refractivity contribution in [3.05, 3.63) is 17.7 Å². The van der Waals surface area contributed by atoms with Crippen molar-refractivity contribution in [3.8, 4) is 0 Å². The number of aromatic amines is 1. The maximum atomic E-state index is 12.8. The number of aromatic nitrogens is 2. The smallest absolute Gasteiger partial charge is 0.286 e. The SMILES string of the molecule is CC(C)(C)c1ncc(C(C)(F)F)[nH]1. The fraction of sp³-hybridized carbons (Fsp3) is 0.667. The van der Waals surface area contributed by atoms with Crippen molar-refractivity contribution in [1.82, 2.24) is 9.97 Å². The molecule has 0 spiro atoms. The highest BCUT2D eigenvalue weighted by Crippen LogP contribution is 2.27. The minimum Gasteiger partial charge on any atom is -0.341 e. The minimum absolute atomic E-state index is 0.127. The minimum atomic E-state index is -2.84. The zero-order valence-corrected chi connectivity index (χ0v) is 8.28. The Morgan fingerprint density at radius 2 is 1.77 bits per heavy atom. The molecule has 1 rings (SSSR count). The Morgan fingerprint density at radius 1 is 1.23 bits per heavy atom. The third-order valence-electron chi connectivity index (χ3n) is 1.76. The molecule has 13 heavy (non-hydrogen) atoms. The third-order valence-corrected chi connectivity index (χ3v) is 1.76. The van der Waals surface area contributed by atoms with Crippen molar-refractivity contribution in [3.63, 3.8) is 0 Å². The molecule has 0 saturated heterocycles. The van der Waals surface area contributed by atoms with Gasteiger partial charge in [0.2, 0.25) is 0 Å². The Hall–Kier alpha value is -0.930. The molecule has 1 heterocycles. The molecule has 0 fully saturated rings. The molecule has 0 unspecified atom stereocenters. The molecule has 0 aromatic carbocycles. The lowest BCUT2D eigenvalue weighted by Gasteiger charge is -2.14. The molecule has 0 bridgehead atoms. The van der Waals surface area contributed by atoms with Gasteiger partial charge in [-0.15, -0.1) is 0 Å². The van der Waals surface area contributed by atoms with Crippen molar-refractivity contribution in [2.45, 2.75) is 39.0 Å². The van der Waals surface area contributed by atoms with Crippen LogP contribution in [0, 0.1) is 0 Å². The van der Waals surface area contributed by atoms with E-state index in [-0.39, 0.29) is 11.1 Å². The standard InChI is InChI=1S/C9H14F2N2/c1-8(2,3)7-12-5-6(13-7)9(4,10)11/h5H,1-4H3,(H,12,13). The number of halogens is 2. The van der Waals surface area contributed by atoms with Crippen LogP contribution in [0.5, 0.6) is 0 Å². The molecule has 1 N–H and O–H groups in total. The summed E-state index contributed by atoms with van der Waals surface area (Å²) in [5, 5.41) is 0. The van der Waals surface area contributed by atoms with Gasteiger partial charge in [0.1, 0.15) is 11.5 Å². The van der Waals surface area contributed by atoms with E-state index in [1.54, 1.807) is 0 Å². The van der Waals surface area contributed by atoms with Crippen LogP contribution in [0.15, 0.2) is 6.20 Å². The van der Waals surface area contributed by atoms with E-state index in [1.807, 2.05) is 20.8 Å². The van der Waals surface area contributed by atoms with Crippen LogP contribution in [0.2, 0.25) is 0 Å². The molecular weight excluding hydrogens is 174 g/mol. The highest BCUT2D eigenvalue weighted by Gasteiger charge is 2.28. The first kappa shape index (κ1) is 10.2. The van der Waals surface area contributed by atoms with Gasteiger partial charge in [-0.3, -0.25) is 0 Å². The maximum absolute atomic E-state index is 12.8. The number of rotatable bonds is 1. The number of nitrogens with one attached hydrogen (secondary N) is 1. The first-order valence-electron chi connectivity index (χ1n) is 4.15. The van der Waals surface area contributed by atoms with E-state index in [9.17, 15) is 8.78 Å². The van der Waals surface area contributed by atoms with Crippen LogP contribution >= 0.6 is 0 Å². The summed E-state index contributed by atoms with van der Waals surface area (Å²) in [5.41, 5.74) is -0.346. The monoisotopic (exact) mass is 188 g/mol. The van der Waals surface area contributed by atoms with Gasteiger partial charge in [0, 0.05) is 12.3 Å². The molecule has 2 nitrogen and oxygen atoms in total. The predicted octanol–water partition coefficient (Wildman–Crippen LogP) is 2.82. The van der Waals surface area contributed by atoms with Gasteiger partial charge >= 0.3 is 0 Å². The largest absolute Gasteiger partial charge is 0.341 e. The Labute approximate surface area is 76.4 Å². The molecule has 74 valence electrons. The molecule has 0 aliphatic carbocycles. The second-order valence-corrected chi connectivity index (χ2v) is 4.28. The summed E-state index contributed by atoms with van der Waals surface area (Å²) >= 11 is 0. The molecular formula is C9H14F2N2. The van der Waals surface area contributed by atoms with E-state index >= 15 is 0 Å². The Bertz CT molecular complexity index is 263. The van der Waals surface area contributed by atoms with Crippen molar-refractivity contribution < 1.29 is 8.78 Å². The van der Waals surface area contributed by atoms with Crippen molar-refractivity contribution in [1.29, 1.82) is 0 Å². The zero-order valence-electron chi connectivity index (χ0n) is 8.28. The van der Waals surface area contributed by atoms with Gasteiger partial charge < -0.3 is 4.98 Å². The van der Waals surface area contributed by atoms with Crippen LogP contribution in [-0.4, -0.2) is 9.97 Å².